The van der Waals surface area contributed by atoms with Crippen molar-refractivity contribution in [2.45, 2.75) is 19.8 Å². The van der Waals surface area contributed by atoms with Crippen molar-refractivity contribution in [2.24, 2.45) is 0 Å². The zero-order valence-corrected chi connectivity index (χ0v) is 15.9. The van der Waals surface area contributed by atoms with Crippen LogP contribution in [0.5, 0.6) is 5.75 Å². The lowest BCUT2D eigenvalue weighted by atomic mass is 9.96. The van der Waals surface area contributed by atoms with Crippen molar-refractivity contribution < 1.29 is 24.2 Å². The molecule has 0 saturated carbocycles. The molecular formula is C20H18ClFN2O4. The van der Waals surface area contributed by atoms with E-state index in [1.807, 2.05) is 0 Å². The van der Waals surface area contributed by atoms with Gasteiger partial charge in [0.15, 0.2) is 11.6 Å². The van der Waals surface area contributed by atoms with Gasteiger partial charge in [-0.05, 0) is 55.8 Å². The number of rotatable bonds is 4. The number of aromatic nitrogens is 1. The lowest BCUT2D eigenvalue weighted by Gasteiger charge is -2.13. The van der Waals surface area contributed by atoms with Gasteiger partial charge >= 0.3 is 0 Å². The molecule has 0 aliphatic rings. The van der Waals surface area contributed by atoms with Crippen LogP contribution < -0.4 is 5.32 Å². The highest BCUT2D eigenvalue weighted by Gasteiger charge is 2.29. The second-order valence-electron chi connectivity index (χ2n) is 6.36. The van der Waals surface area contributed by atoms with Crippen LogP contribution in [-0.4, -0.2) is 33.3 Å². The molecule has 3 rings (SSSR count). The molecule has 1 amide bonds. The van der Waals surface area contributed by atoms with Crippen molar-refractivity contribution in [1.82, 2.24) is 9.88 Å². The number of phenolic OH excluding ortho intramolecular Hbond substituents is 1. The zero-order chi connectivity index (χ0) is 20.6. The van der Waals surface area contributed by atoms with Crippen LogP contribution in [0.3, 0.4) is 0 Å². The summed E-state index contributed by atoms with van der Waals surface area (Å²) in [6, 6.07) is 8.82. The fraction of sp³-hybridized carbons (Fsp3) is 0.200. The average molecular weight is 405 g/mol. The van der Waals surface area contributed by atoms with Gasteiger partial charge in [-0.3, -0.25) is 14.2 Å². The molecule has 28 heavy (non-hydrogen) atoms. The van der Waals surface area contributed by atoms with Gasteiger partial charge in [0.2, 0.25) is 5.91 Å². The van der Waals surface area contributed by atoms with Crippen LogP contribution in [0.15, 0.2) is 36.4 Å². The fourth-order valence-corrected chi connectivity index (χ4v) is 3.48. The van der Waals surface area contributed by atoms with Crippen molar-refractivity contribution in [1.29, 1.82) is 0 Å². The summed E-state index contributed by atoms with van der Waals surface area (Å²) in [7, 11) is 0. The van der Waals surface area contributed by atoms with Crippen LogP contribution in [0, 0.1) is 12.7 Å². The molecule has 0 bridgehead atoms. The van der Waals surface area contributed by atoms with Gasteiger partial charge in [0.05, 0.1) is 11.4 Å². The Morgan fingerprint density at radius 2 is 1.86 bits per heavy atom. The molecule has 3 aromatic rings. The Balaban J connectivity index is 2.28. The molecule has 0 aliphatic carbocycles. The van der Waals surface area contributed by atoms with E-state index in [9.17, 15) is 19.1 Å². The van der Waals surface area contributed by atoms with E-state index in [4.69, 9.17) is 16.7 Å². The molecule has 3 N–H and O–H groups in total. The highest BCUT2D eigenvalue weighted by Crippen LogP contribution is 2.37. The number of halogens is 2. The number of hydrogen-bond donors (Lipinski definition) is 3. The Bertz CT molecular complexity index is 1080. The molecule has 1 unspecified atom stereocenters. The number of benzene rings is 2. The summed E-state index contributed by atoms with van der Waals surface area (Å²) in [4.78, 5) is 25.4. The van der Waals surface area contributed by atoms with E-state index >= 15 is 0 Å². The van der Waals surface area contributed by atoms with Gasteiger partial charge in [-0.1, -0.05) is 11.6 Å². The summed E-state index contributed by atoms with van der Waals surface area (Å²) in [6.07, 6.45) is 0. The first kappa shape index (κ1) is 19.9. The monoisotopic (exact) mass is 404 g/mol. The predicted molar refractivity (Wildman–Crippen MR) is 103 cm³/mol. The summed E-state index contributed by atoms with van der Waals surface area (Å²) in [6.45, 7) is 2.56. The smallest absolute Gasteiger partial charge is 0.262 e. The van der Waals surface area contributed by atoms with E-state index in [2.05, 4.69) is 5.32 Å². The Labute approximate surface area is 165 Å². The molecule has 0 spiro atoms. The van der Waals surface area contributed by atoms with E-state index in [1.54, 1.807) is 31.2 Å². The van der Waals surface area contributed by atoms with E-state index in [0.29, 0.717) is 16.3 Å². The molecule has 146 valence electrons. The minimum atomic E-state index is -0.915. The van der Waals surface area contributed by atoms with Gasteiger partial charge in [-0.2, -0.15) is 0 Å². The number of phenols is 1. The van der Waals surface area contributed by atoms with Crippen molar-refractivity contribution >= 4 is 34.3 Å². The van der Waals surface area contributed by atoms with Crippen LogP contribution in [0.4, 0.5) is 4.39 Å². The molecule has 0 fully saturated rings. The number of aliphatic hydroxyl groups excluding tert-OH is 1. The summed E-state index contributed by atoms with van der Waals surface area (Å²) in [5.41, 5.74) is 1.18. The first-order valence-electron chi connectivity index (χ1n) is 8.49. The molecule has 8 heteroatoms. The third-order valence-electron chi connectivity index (χ3n) is 4.71. The summed E-state index contributed by atoms with van der Waals surface area (Å²) in [5, 5.41) is 21.5. The van der Waals surface area contributed by atoms with E-state index in [-0.39, 0.29) is 16.5 Å². The number of nitrogens with zero attached hydrogens (tertiary/aromatic N) is 1. The number of fused-ring (bicyclic) bond motifs is 1. The molecule has 1 atom stereocenters. The second-order valence-corrected chi connectivity index (χ2v) is 6.80. The Morgan fingerprint density at radius 3 is 2.46 bits per heavy atom. The van der Waals surface area contributed by atoms with Crippen LogP contribution in [-0.2, 0) is 4.79 Å². The maximum Gasteiger partial charge on any atom is 0.262 e. The number of aromatic hydroxyl groups is 1. The molecule has 6 nitrogen and oxygen atoms in total. The standard InChI is InChI=1S/C20H18ClFN2O4/c1-10(19(27)23-9-25)16-11(2)24(14-7-8-15(26)18(22)17(14)16)20(28)12-3-5-13(21)6-4-12/h3-8,10,25-26H,9H2,1-2H3,(H,23,27). The number of nitrogens with one attached hydrogen (secondary N) is 1. The van der Waals surface area contributed by atoms with Crippen molar-refractivity contribution in [3.05, 3.63) is 64.1 Å². The zero-order valence-electron chi connectivity index (χ0n) is 15.2. The largest absolute Gasteiger partial charge is 0.505 e. The lowest BCUT2D eigenvalue weighted by molar-refractivity contribution is -0.123. The normalized spacial score (nSPS) is 12.2. The molecule has 2 aromatic carbocycles. The number of hydrogen-bond acceptors (Lipinski definition) is 4. The third-order valence-corrected chi connectivity index (χ3v) is 4.96. The van der Waals surface area contributed by atoms with Crippen LogP contribution in [0.2, 0.25) is 5.02 Å². The van der Waals surface area contributed by atoms with Gasteiger partial charge in [0.25, 0.3) is 5.91 Å². The minimum Gasteiger partial charge on any atom is -0.505 e. The van der Waals surface area contributed by atoms with Gasteiger partial charge in [0, 0.05) is 21.7 Å². The molecule has 1 heterocycles. The lowest BCUT2D eigenvalue weighted by Crippen LogP contribution is -2.29. The highest BCUT2D eigenvalue weighted by atomic mass is 35.5. The molecule has 0 radical (unpaired) electrons. The second kappa shape index (κ2) is 7.61. The molecule has 0 aliphatic heterocycles. The van der Waals surface area contributed by atoms with Crippen molar-refractivity contribution in [3.8, 4) is 5.75 Å². The van der Waals surface area contributed by atoms with Crippen LogP contribution >= 0.6 is 11.6 Å². The average Bonchev–Trinajstić information content (AvgIpc) is 2.97. The van der Waals surface area contributed by atoms with E-state index < -0.39 is 36.0 Å². The highest BCUT2D eigenvalue weighted by molar-refractivity contribution is 6.30. The maximum absolute atomic E-state index is 14.8. The quantitative estimate of drug-likeness (QED) is 0.582. The minimum absolute atomic E-state index is 0.0135. The van der Waals surface area contributed by atoms with Gasteiger partial charge in [-0.15, -0.1) is 0 Å². The Hall–Kier alpha value is -2.90. The van der Waals surface area contributed by atoms with Crippen LogP contribution in [0.25, 0.3) is 10.9 Å². The molecule has 1 aromatic heterocycles. The predicted octanol–water partition coefficient (Wildman–Crippen LogP) is 3.31. The number of amides is 1. The Morgan fingerprint density at radius 1 is 1.21 bits per heavy atom. The first-order valence-corrected chi connectivity index (χ1v) is 8.87. The topological polar surface area (TPSA) is 91.6 Å². The van der Waals surface area contributed by atoms with Gasteiger partial charge < -0.3 is 15.5 Å². The molecular weight excluding hydrogens is 387 g/mol. The Kier molecular flexibility index (Phi) is 5.40. The van der Waals surface area contributed by atoms with Crippen molar-refractivity contribution in [3.63, 3.8) is 0 Å². The van der Waals surface area contributed by atoms with Gasteiger partial charge in [-0.25, -0.2) is 4.39 Å². The summed E-state index contributed by atoms with van der Waals surface area (Å²) < 4.78 is 16.1. The van der Waals surface area contributed by atoms with Gasteiger partial charge in [0.1, 0.15) is 6.73 Å². The first-order chi connectivity index (χ1) is 13.3. The third kappa shape index (κ3) is 3.23. The number of aliphatic hydroxyl groups is 1. The molecule has 0 saturated heterocycles. The number of carbonyl (C=O) groups excluding carboxylic acids is 2. The SMILES string of the molecule is Cc1c(C(C)C(=O)NCO)c2c(F)c(O)ccc2n1C(=O)c1ccc(Cl)cc1. The number of carbonyl (C=O) groups is 2. The fourth-order valence-electron chi connectivity index (χ4n) is 3.35. The van der Waals surface area contributed by atoms with Crippen molar-refractivity contribution in [2.75, 3.05) is 6.73 Å². The summed E-state index contributed by atoms with van der Waals surface area (Å²) in [5.74, 6) is -3.33. The van der Waals surface area contributed by atoms with E-state index in [1.165, 1.54) is 17.6 Å². The van der Waals surface area contributed by atoms with Crippen LogP contribution in [0.1, 0.15) is 34.5 Å². The maximum atomic E-state index is 14.8. The summed E-state index contributed by atoms with van der Waals surface area (Å²) >= 11 is 5.88. The van der Waals surface area contributed by atoms with E-state index in [0.717, 1.165) is 6.07 Å².